The number of hydrogen-bond acceptors (Lipinski definition) is 9. The third-order valence-corrected chi connectivity index (χ3v) is 8.21. The van der Waals surface area contributed by atoms with Gasteiger partial charge in [-0.2, -0.15) is 0 Å². The number of fused-ring (bicyclic) bond motifs is 1. The van der Waals surface area contributed by atoms with Gasteiger partial charge in [-0.3, -0.25) is 19.5 Å². The Labute approximate surface area is 257 Å². The number of likely N-dealkylation sites (tertiary alicyclic amines) is 1. The number of pyridine rings is 1. The van der Waals surface area contributed by atoms with Gasteiger partial charge in [-0.25, -0.2) is 0 Å². The molecule has 0 saturated carbocycles. The van der Waals surface area contributed by atoms with Gasteiger partial charge in [-0.05, 0) is 54.8 Å². The zero-order chi connectivity index (χ0) is 31.1. The second kappa shape index (κ2) is 14.3. The van der Waals surface area contributed by atoms with Crippen LogP contribution in [0.25, 0.3) is 0 Å². The molecular formula is C33H39N3O8. The summed E-state index contributed by atoms with van der Waals surface area (Å²) >= 11 is 0. The molecule has 1 aromatic heterocycles. The molecule has 5 rings (SSSR count). The lowest BCUT2D eigenvalue weighted by atomic mass is 9.84. The van der Waals surface area contributed by atoms with Crippen molar-refractivity contribution in [2.75, 3.05) is 52.2 Å². The number of nitrogens with zero attached hydrogens (tertiary/aromatic N) is 3. The largest absolute Gasteiger partial charge is 0.493 e. The van der Waals surface area contributed by atoms with Crippen molar-refractivity contribution in [3.05, 3.63) is 66.5 Å². The molecule has 11 heteroatoms. The monoisotopic (exact) mass is 605 g/mol. The number of anilines is 1. The number of benzene rings is 2. The number of aliphatic carboxylic acids is 1. The number of ether oxygens (including phenoxy) is 5. The lowest BCUT2D eigenvalue weighted by Crippen LogP contribution is -2.45. The number of unbranched alkanes of at least 4 members (excludes halogenated alkanes) is 1. The topological polar surface area (TPSA) is 120 Å². The van der Waals surface area contributed by atoms with Crippen molar-refractivity contribution in [1.82, 2.24) is 9.88 Å². The minimum absolute atomic E-state index is 0.0416. The molecule has 3 atom stereocenters. The molecular weight excluding hydrogens is 566 g/mol. The Morgan fingerprint density at radius 3 is 2.57 bits per heavy atom. The predicted molar refractivity (Wildman–Crippen MR) is 163 cm³/mol. The van der Waals surface area contributed by atoms with Gasteiger partial charge in [0.1, 0.15) is 0 Å². The van der Waals surface area contributed by atoms with E-state index in [4.69, 9.17) is 23.7 Å². The molecule has 3 heterocycles. The zero-order valence-electron chi connectivity index (χ0n) is 25.3. The summed E-state index contributed by atoms with van der Waals surface area (Å²) in [6.07, 6.45) is 5.48. The molecule has 11 nitrogen and oxygen atoms in total. The number of carboxylic acids is 1. The SMILES string of the molecule is CCCCN(C(=O)CN1C[C@H](c2cc(OC)c3c(c2)OCO3)[C@@H](C(=O)O)[C@@H]1CCOc1ccccc1OC)c1cccnc1. The Morgan fingerprint density at radius 1 is 1.07 bits per heavy atom. The first kappa shape index (κ1) is 30.9. The Balaban J connectivity index is 1.45. The van der Waals surface area contributed by atoms with Crippen LogP contribution in [0.2, 0.25) is 0 Å². The van der Waals surface area contributed by atoms with Crippen LogP contribution in [0, 0.1) is 5.92 Å². The zero-order valence-corrected chi connectivity index (χ0v) is 25.3. The number of methoxy groups -OCH3 is 2. The maximum atomic E-state index is 13.9. The normalized spacial score (nSPS) is 19.0. The first-order valence-corrected chi connectivity index (χ1v) is 14.9. The van der Waals surface area contributed by atoms with Crippen molar-refractivity contribution in [1.29, 1.82) is 0 Å². The third kappa shape index (κ3) is 6.67. The number of hydrogen-bond donors (Lipinski definition) is 1. The molecule has 3 aromatic rings. The number of aromatic nitrogens is 1. The van der Waals surface area contributed by atoms with Gasteiger partial charge in [0.05, 0.1) is 45.2 Å². The van der Waals surface area contributed by atoms with Crippen molar-refractivity contribution in [3.63, 3.8) is 0 Å². The maximum Gasteiger partial charge on any atom is 0.308 e. The first-order valence-electron chi connectivity index (χ1n) is 14.9. The second-order valence-corrected chi connectivity index (χ2v) is 10.8. The maximum absolute atomic E-state index is 13.9. The molecule has 0 spiro atoms. The summed E-state index contributed by atoms with van der Waals surface area (Å²) < 4.78 is 28.3. The van der Waals surface area contributed by atoms with E-state index in [1.165, 1.54) is 7.11 Å². The van der Waals surface area contributed by atoms with E-state index in [1.54, 1.807) is 30.5 Å². The van der Waals surface area contributed by atoms with Crippen molar-refractivity contribution in [2.45, 2.75) is 38.1 Å². The highest BCUT2D eigenvalue weighted by atomic mass is 16.7. The minimum Gasteiger partial charge on any atom is -0.493 e. The highest BCUT2D eigenvalue weighted by Crippen LogP contribution is 2.47. The lowest BCUT2D eigenvalue weighted by Gasteiger charge is -2.29. The van der Waals surface area contributed by atoms with E-state index in [0.717, 1.165) is 18.4 Å². The van der Waals surface area contributed by atoms with Gasteiger partial charge in [0.2, 0.25) is 18.4 Å². The van der Waals surface area contributed by atoms with Gasteiger partial charge in [0.15, 0.2) is 23.0 Å². The third-order valence-electron chi connectivity index (χ3n) is 8.21. The van der Waals surface area contributed by atoms with Crippen molar-refractivity contribution in [2.24, 2.45) is 5.92 Å². The van der Waals surface area contributed by atoms with Crippen LogP contribution >= 0.6 is 0 Å². The quantitative estimate of drug-likeness (QED) is 0.279. The smallest absolute Gasteiger partial charge is 0.308 e. The van der Waals surface area contributed by atoms with Crippen molar-refractivity contribution < 1.29 is 38.4 Å². The first-order chi connectivity index (χ1) is 21.4. The fourth-order valence-electron chi connectivity index (χ4n) is 6.07. The van der Waals surface area contributed by atoms with Crippen LogP contribution in [-0.4, -0.2) is 80.2 Å². The van der Waals surface area contributed by atoms with Crippen LogP contribution in [0.4, 0.5) is 5.69 Å². The Hall–Kier alpha value is -4.51. The standard InChI is InChI=1S/C33H39N3O8/c1-4-5-14-36(23-9-8-13-34-18-23)30(37)20-35-19-24(22-16-28(41-3)32-29(17-22)43-21-44-32)31(33(38)39)25(35)12-15-42-27-11-7-6-10-26(27)40-2/h6-11,13,16-18,24-25,31H,4-5,12,14-15,19-21H2,1-3H3,(H,38,39)/t24-,25+,31-/m1/s1. The van der Waals surface area contributed by atoms with Gasteiger partial charge in [0.25, 0.3) is 0 Å². The van der Waals surface area contributed by atoms with Crippen LogP contribution in [0.15, 0.2) is 60.9 Å². The van der Waals surface area contributed by atoms with Crippen LogP contribution in [0.3, 0.4) is 0 Å². The lowest BCUT2D eigenvalue weighted by molar-refractivity contribution is -0.143. The van der Waals surface area contributed by atoms with Crippen LogP contribution in [0.5, 0.6) is 28.7 Å². The number of rotatable bonds is 14. The molecule has 0 aliphatic carbocycles. The second-order valence-electron chi connectivity index (χ2n) is 10.8. The molecule has 1 saturated heterocycles. The summed E-state index contributed by atoms with van der Waals surface area (Å²) in [5.74, 6) is 0.325. The molecule has 1 N–H and O–H groups in total. The number of amides is 1. The average molecular weight is 606 g/mol. The number of carbonyl (C=O) groups is 2. The fourth-order valence-corrected chi connectivity index (χ4v) is 6.07. The van der Waals surface area contributed by atoms with E-state index in [0.29, 0.717) is 53.9 Å². The molecule has 1 amide bonds. The molecule has 2 aliphatic rings. The van der Waals surface area contributed by atoms with Gasteiger partial charge >= 0.3 is 5.97 Å². The summed E-state index contributed by atoms with van der Waals surface area (Å²) in [5, 5.41) is 10.6. The van der Waals surface area contributed by atoms with Crippen molar-refractivity contribution >= 4 is 17.6 Å². The molecule has 0 radical (unpaired) electrons. The fraction of sp³-hybridized carbons (Fsp3) is 0.424. The van der Waals surface area contributed by atoms with Gasteiger partial charge in [-0.1, -0.05) is 25.5 Å². The molecule has 2 aliphatic heterocycles. The summed E-state index contributed by atoms with van der Waals surface area (Å²) in [6, 6.07) is 14.1. The van der Waals surface area contributed by atoms with E-state index in [9.17, 15) is 14.7 Å². The number of carboxylic acid groups (broad SMARTS) is 1. The molecule has 234 valence electrons. The van der Waals surface area contributed by atoms with E-state index in [1.807, 2.05) is 47.4 Å². The van der Waals surface area contributed by atoms with Crippen LogP contribution in [-0.2, 0) is 9.59 Å². The Morgan fingerprint density at radius 2 is 1.86 bits per heavy atom. The van der Waals surface area contributed by atoms with Gasteiger partial charge in [0, 0.05) is 31.2 Å². The molecule has 2 aromatic carbocycles. The van der Waals surface area contributed by atoms with E-state index < -0.39 is 23.8 Å². The molecule has 0 bridgehead atoms. The predicted octanol–water partition coefficient (Wildman–Crippen LogP) is 4.60. The number of carbonyl (C=O) groups excluding carboxylic acids is 1. The average Bonchev–Trinajstić information content (AvgIpc) is 3.66. The van der Waals surface area contributed by atoms with Gasteiger partial charge < -0.3 is 33.7 Å². The minimum atomic E-state index is -0.945. The van der Waals surface area contributed by atoms with Crippen LogP contribution < -0.4 is 28.6 Å². The van der Waals surface area contributed by atoms with E-state index in [-0.39, 0.29) is 25.9 Å². The Kier molecular flexibility index (Phi) is 10.1. The summed E-state index contributed by atoms with van der Waals surface area (Å²) in [6.45, 7) is 3.30. The van der Waals surface area contributed by atoms with E-state index in [2.05, 4.69) is 11.9 Å². The molecule has 0 unspecified atom stereocenters. The number of para-hydroxylation sites is 2. The summed E-state index contributed by atoms with van der Waals surface area (Å²) in [4.78, 5) is 34.8. The Bertz CT molecular complexity index is 1440. The summed E-state index contributed by atoms with van der Waals surface area (Å²) in [7, 11) is 3.11. The molecule has 44 heavy (non-hydrogen) atoms. The van der Waals surface area contributed by atoms with Crippen molar-refractivity contribution in [3.8, 4) is 28.7 Å². The summed E-state index contributed by atoms with van der Waals surface area (Å²) in [5.41, 5.74) is 1.47. The highest BCUT2D eigenvalue weighted by molar-refractivity contribution is 5.94. The molecule has 1 fully saturated rings. The van der Waals surface area contributed by atoms with E-state index >= 15 is 0 Å². The van der Waals surface area contributed by atoms with Crippen LogP contribution in [0.1, 0.15) is 37.7 Å². The highest BCUT2D eigenvalue weighted by Gasteiger charge is 2.47. The van der Waals surface area contributed by atoms with Gasteiger partial charge in [-0.15, -0.1) is 0 Å².